The largest absolute Gasteiger partial charge is 0.479 e. The number of amides is 1. The Morgan fingerprint density at radius 3 is 1.84 bits per heavy atom. The van der Waals surface area contributed by atoms with Crippen molar-refractivity contribution in [1.82, 2.24) is 14.4 Å². The van der Waals surface area contributed by atoms with Gasteiger partial charge in [0.2, 0.25) is 5.91 Å². The summed E-state index contributed by atoms with van der Waals surface area (Å²) in [6.07, 6.45) is -5.29. The second-order valence-corrected chi connectivity index (χ2v) is 14.2. The molecule has 61 heavy (non-hydrogen) atoms. The number of pyridine rings is 1. The molecule has 16 heteroatoms. The van der Waals surface area contributed by atoms with Crippen LogP contribution in [0, 0.1) is 11.6 Å². The number of nitrogens with zero attached hydrogens (tertiary/aromatic N) is 3. The van der Waals surface area contributed by atoms with Crippen molar-refractivity contribution in [3.8, 4) is 11.1 Å². The fourth-order valence-corrected chi connectivity index (χ4v) is 6.57. The Kier molecular flexibility index (Phi) is 17.2. The van der Waals surface area contributed by atoms with Gasteiger partial charge < -0.3 is 34.8 Å². The highest BCUT2D eigenvalue weighted by Gasteiger charge is 2.30. The molecule has 1 aromatic heterocycles. The van der Waals surface area contributed by atoms with Crippen molar-refractivity contribution < 1.29 is 56.8 Å². The number of benzene rings is 4. The number of carboxylic acids is 2. The number of likely N-dealkylation sites (N-methyl/N-ethyl adjacent to an activating group) is 1. The molecule has 0 aliphatic rings. The molecule has 326 valence electrons. The van der Waals surface area contributed by atoms with Crippen molar-refractivity contribution in [2.45, 2.75) is 71.0 Å². The molecule has 11 nitrogen and oxygen atoms in total. The molecule has 4 aromatic carbocycles. The van der Waals surface area contributed by atoms with Crippen molar-refractivity contribution in [2.24, 2.45) is 0 Å². The Balaban J connectivity index is 0.000000727. The molecule has 1 heterocycles. The van der Waals surface area contributed by atoms with E-state index in [1.807, 2.05) is 41.0 Å². The zero-order valence-electron chi connectivity index (χ0n) is 33.6. The summed E-state index contributed by atoms with van der Waals surface area (Å²) in [6, 6.07) is 23.8. The van der Waals surface area contributed by atoms with Crippen LogP contribution in [-0.4, -0.2) is 91.0 Å². The number of hydrogen-bond acceptors (Lipinski definition) is 7. The highest BCUT2D eigenvalue weighted by Crippen LogP contribution is 2.31. The number of carbonyl (C=O) groups excluding carboxylic acids is 1. The second-order valence-electron chi connectivity index (χ2n) is 14.2. The maximum atomic E-state index is 14.1. The lowest BCUT2D eigenvalue weighted by Gasteiger charge is -2.27. The summed E-state index contributed by atoms with van der Waals surface area (Å²) in [5.41, 5.74) is 2.98. The number of alkyl halides is 3. The molecule has 0 radical (unpaired) electrons. The molecule has 2 unspecified atom stereocenters. The number of carboxylic acid groups (broad SMARTS) is 2. The molecule has 0 spiro atoms. The first-order valence-corrected chi connectivity index (χ1v) is 19.6. The van der Waals surface area contributed by atoms with E-state index in [2.05, 4.69) is 18.7 Å². The summed E-state index contributed by atoms with van der Waals surface area (Å²) < 4.78 is 68.7. The summed E-state index contributed by atoms with van der Waals surface area (Å²) in [4.78, 5) is 51.1. The molecular formula is C45H48F5N3O8. The lowest BCUT2D eigenvalue weighted by Crippen LogP contribution is -2.40. The van der Waals surface area contributed by atoms with Gasteiger partial charge in [0.25, 0.3) is 0 Å². The van der Waals surface area contributed by atoms with Gasteiger partial charge in [-0.1, -0.05) is 74.5 Å². The van der Waals surface area contributed by atoms with Gasteiger partial charge in [-0.25, -0.2) is 18.4 Å². The van der Waals surface area contributed by atoms with Crippen molar-refractivity contribution in [2.75, 3.05) is 26.2 Å². The number of fused-ring (bicyclic) bond motifs is 1. The molecule has 5 rings (SSSR count). The topological polar surface area (TPSA) is 161 Å². The van der Waals surface area contributed by atoms with E-state index in [0.717, 1.165) is 42.4 Å². The minimum absolute atomic E-state index is 0.00415. The van der Waals surface area contributed by atoms with Gasteiger partial charge in [-0.2, -0.15) is 13.2 Å². The maximum absolute atomic E-state index is 14.1. The Bertz CT molecular complexity index is 2300. The zero-order chi connectivity index (χ0) is 44.9. The minimum Gasteiger partial charge on any atom is -0.479 e. The molecule has 0 bridgehead atoms. The molecule has 0 fully saturated rings. The standard InChI is InChI=1S/C41H42F5N3O2.C4H6O6/c1-3-47(4-2)24-25-48(26-29-16-18-30(19-17-29)31-20-22-34(23-21-31)41(44,45)46)38(50)28-49-27-33(40(51)35-13-7-8-15-37(35)49)11-6-5-10-32-12-9-14-36(42)39(32)43;5-1(3(7)8)2(6)4(9)10/h7-9,12-23,27H,3-6,10-11,24-26,28H2,1-2H3;1-2,5-6H,(H,7,8)(H,9,10). The number of unbranched alkanes of at least 4 members (excludes halogenated alkanes) is 1. The number of carbonyl (C=O) groups is 3. The third-order valence-electron chi connectivity index (χ3n) is 10.2. The first-order valence-electron chi connectivity index (χ1n) is 19.6. The van der Waals surface area contributed by atoms with Gasteiger partial charge in [0.15, 0.2) is 29.3 Å². The fourth-order valence-electron chi connectivity index (χ4n) is 6.57. The van der Waals surface area contributed by atoms with Crippen LogP contribution in [0.1, 0.15) is 48.9 Å². The van der Waals surface area contributed by atoms with Crippen LogP contribution < -0.4 is 5.43 Å². The third kappa shape index (κ3) is 13.3. The summed E-state index contributed by atoms with van der Waals surface area (Å²) in [5, 5.41) is 33.0. The molecule has 5 aromatic rings. The van der Waals surface area contributed by atoms with Gasteiger partial charge in [0.05, 0.1) is 11.1 Å². The molecule has 2 atom stereocenters. The van der Waals surface area contributed by atoms with Crippen LogP contribution in [0.25, 0.3) is 22.0 Å². The number of para-hydroxylation sites is 1. The predicted octanol–water partition coefficient (Wildman–Crippen LogP) is 6.78. The molecule has 0 saturated heterocycles. The quantitative estimate of drug-likeness (QED) is 0.0551. The summed E-state index contributed by atoms with van der Waals surface area (Å²) >= 11 is 0. The van der Waals surface area contributed by atoms with E-state index < -0.39 is 47.5 Å². The predicted molar refractivity (Wildman–Crippen MR) is 219 cm³/mol. The van der Waals surface area contributed by atoms with Crippen molar-refractivity contribution in [3.63, 3.8) is 0 Å². The molecule has 0 aliphatic carbocycles. The van der Waals surface area contributed by atoms with Gasteiger partial charge >= 0.3 is 18.1 Å². The average Bonchev–Trinajstić information content (AvgIpc) is 3.24. The molecule has 0 aliphatic heterocycles. The van der Waals surface area contributed by atoms with Crippen LogP contribution in [0.5, 0.6) is 0 Å². The summed E-state index contributed by atoms with van der Waals surface area (Å²) in [5.74, 6) is -5.39. The van der Waals surface area contributed by atoms with Gasteiger partial charge in [0, 0.05) is 36.8 Å². The number of aliphatic hydroxyl groups excluding tert-OH is 2. The Morgan fingerprint density at radius 1 is 0.721 bits per heavy atom. The smallest absolute Gasteiger partial charge is 0.416 e. The van der Waals surface area contributed by atoms with Crippen molar-refractivity contribution in [1.29, 1.82) is 0 Å². The molecule has 0 saturated carbocycles. The Labute approximate surface area is 348 Å². The number of rotatable bonds is 18. The second kappa shape index (κ2) is 22.0. The SMILES string of the molecule is CCN(CC)CCN(Cc1ccc(-c2ccc(C(F)(F)F)cc2)cc1)C(=O)Cn1cc(CCCCc2cccc(F)c2F)c(=O)c2ccccc21.O=C(O)C(O)C(O)C(=O)O. The van der Waals surface area contributed by atoms with Crippen LogP contribution in [0.15, 0.2) is 102 Å². The third-order valence-corrected chi connectivity index (χ3v) is 10.2. The Morgan fingerprint density at radius 2 is 1.28 bits per heavy atom. The van der Waals surface area contributed by atoms with Gasteiger partial charge in [-0.15, -0.1) is 0 Å². The van der Waals surface area contributed by atoms with E-state index >= 15 is 0 Å². The minimum atomic E-state index is -4.40. The lowest BCUT2D eigenvalue weighted by molar-refractivity contribution is -0.165. The van der Waals surface area contributed by atoms with Gasteiger partial charge in [-0.05, 0) is 91.4 Å². The van der Waals surface area contributed by atoms with Crippen LogP contribution in [0.3, 0.4) is 0 Å². The van der Waals surface area contributed by atoms with Crippen molar-refractivity contribution >= 4 is 28.7 Å². The normalized spacial score (nSPS) is 12.4. The molecule has 1 amide bonds. The molecular weight excluding hydrogens is 805 g/mol. The number of aliphatic carboxylic acids is 2. The van der Waals surface area contributed by atoms with E-state index in [0.29, 0.717) is 72.9 Å². The highest BCUT2D eigenvalue weighted by atomic mass is 19.4. The van der Waals surface area contributed by atoms with Crippen LogP contribution >= 0.6 is 0 Å². The van der Waals surface area contributed by atoms with Gasteiger partial charge in [0.1, 0.15) is 6.54 Å². The van der Waals surface area contributed by atoms with Gasteiger partial charge in [-0.3, -0.25) is 9.59 Å². The number of aromatic nitrogens is 1. The number of halogens is 5. The molecule has 4 N–H and O–H groups in total. The number of aliphatic hydroxyl groups is 2. The average molecular weight is 854 g/mol. The maximum Gasteiger partial charge on any atom is 0.416 e. The van der Waals surface area contributed by atoms with Crippen LogP contribution in [0.4, 0.5) is 22.0 Å². The monoisotopic (exact) mass is 853 g/mol. The van der Waals surface area contributed by atoms with E-state index in [4.69, 9.17) is 20.4 Å². The lowest BCUT2D eigenvalue weighted by atomic mass is 10.0. The van der Waals surface area contributed by atoms with E-state index in [1.165, 1.54) is 18.2 Å². The fraction of sp³-hybridized carbons (Fsp3) is 0.333. The van der Waals surface area contributed by atoms with E-state index in [9.17, 15) is 41.1 Å². The van der Waals surface area contributed by atoms with Crippen molar-refractivity contribution in [3.05, 3.63) is 141 Å². The summed E-state index contributed by atoms with van der Waals surface area (Å²) in [7, 11) is 0. The first kappa shape index (κ1) is 47.7. The van der Waals surface area contributed by atoms with Crippen LogP contribution in [0.2, 0.25) is 0 Å². The zero-order valence-corrected chi connectivity index (χ0v) is 33.6. The first-order chi connectivity index (χ1) is 28.9. The van der Waals surface area contributed by atoms with E-state index in [1.54, 1.807) is 29.3 Å². The number of hydrogen-bond donors (Lipinski definition) is 4. The summed E-state index contributed by atoms with van der Waals surface area (Å²) in [6.45, 7) is 7.28. The van der Waals surface area contributed by atoms with Crippen LogP contribution in [-0.2, 0) is 46.5 Å². The number of aryl methyl sites for hydroxylation is 2. The Hall–Kier alpha value is -5.97. The van der Waals surface area contributed by atoms with E-state index in [-0.39, 0.29) is 17.9 Å². The highest BCUT2D eigenvalue weighted by molar-refractivity contribution is 5.83.